The quantitative estimate of drug-likeness (QED) is 0.381. The third kappa shape index (κ3) is 6.21. The van der Waals surface area contributed by atoms with Crippen LogP contribution in [0.3, 0.4) is 0 Å². The summed E-state index contributed by atoms with van der Waals surface area (Å²) in [5, 5.41) is 39.8. The summed E-state index contributed by atoms with van der Waals surface area (Å²) in [6, 6.07) is 5.88. The Bertz CT molecular complexity index is 786. The smallest absolute Gasteiger partial charge is 0.345 e. The molecule has 0 radical (unpaired) electrons. The van der Waals surface area contributed by atoms with Gasteiger partial charge in [0, 0.05) is 10.8 Å². The molecule has 6 heteroatoms. The lowest BCUT2D eigenvalue weighted by Crippen LogP contribution is -2.40. The van der Waals surface area contributed by atoms with Crippen molar-refractivity contribution < 1.29 is 20.1 Å². The highest BCUT2D eigenvalue weighted by molar-refractivity contribution is 7.13. The molecular formula is C26H39NO4S. The van der Waals surface area contributed by atoms with Crippen LogP contribution in [0.1, 0.15) is 86.7 Å². The van der Waals surface area contributed by atoms with Gasteiger partial charge >= 0.3 is 5.97 Å². The maximum atomic E-state index is 11.0. The summed E-state index contributed by atoms with van der Waals surface area (Å²) in [4.78, 5) is 12.4. The van der Waals surface area contributed by atoms with E-state index in [0.29, 0.717) is 17.7 Å². The van der Waals surface area contributed by atoms with Crippen LogP contribution in [-0.4, -0.2) is 33.5 Å². The van der Waals surface area contributed by atoms with E-state index in [-0.39, 0.29) is 29.3 Å². The monoisotopic (exact) mass is 461 g/mol. The van der Waals surface area contributed by atoms with E-state index in [0.717, 1.165) is 43.4 Å². The second kappa shape index (κ2) is 12.5. The molecule has 0 amide bonds. The van der Waals surface area contributed by atoms with Crippen molar-refractivity contribution in [3.8, 4) is 6.07 Å². The molecule has 2 aliphatic carbocycles. The molecule has 3 unspecified atom stereocenters. The second-order valence-corrected chi connectivity index (χ2v) is 10.2. The van der Waals surface area contributed by atoms with Crippen LogP contribution < -0.4 is 0 Å². The molecule has 1 aromatic rings. The first-order valence-electron chi connectivity index (χ1n) is 12.1. The second-order valence-electron chi connectivity index (χ2n) is 8.99. The number of aliphatic hydroxyl groups excluding tert-OH is 2. The van der Waals surface area contributed by atoms with Crippen molar-refractivity contribution in [1.29, 1.82) is 5.26 Å². The number of hydrogen-bond acceptors (Lipinski definition) is 5. The molecule has 2 aliphatic rings. The Morgan fingerprint density at radius 3 is 2.62 bits per heavy atom. The van der Waals surface area contributed by atoms with Crippen LogP contribution in [0, 0.1) is 34.5 Å². The molecular weight excluding hydrogens is 422 g/mol. The lowest BCUT2D eigenvalue weighted by molar-refractivity contribution is -0.0355. The Labute approximate surface area is 196 Å². The molecule has 1 heterocycles. The predicted octanol–water partition coefficient (Wildman–Crippen LogP) is 5.82. The maximum absolute atomic E-state index is 11.0. The Morgan fingerprint density at radius 2 is 2.09 bits per heavy atom. The zero-order valence-electron chi connectivity index (χ0n) is 19.7. The normalized spacial score (nSPS) is 27.2. The number of carboxylic acids is 1. The molecule has 32 heavy (non-hydrogen) atoms. The van der Waals surface area contributed by atoms with Gasteiger partial charge in [0.15, 0.2) is 0 Å². The number of aliphatic hydroxyl groups is 2. The standard InChI is InChI=1S/C24H33NO4S.C2H6/c1-2-24(12-5-13-24)22(27)9-4-8-19-18(16(15-25)14-20(19)26)7-3-6-17-10-11-21(30-17)23(28)29;1-2/h4,8,10-11,16,18-20,22,26-27H,2-3,5-7,9,12-14H2,1H3,(H,28,29);1-2H3/b8-4+;/t16?,18-,19?,20+,22?;/m0./s1. The Morgan fingerprint density at radius 1 is 1.38 bits per heavy atom. The van der Waals surface area contributed by atoms with Gasteiger partial charge in [-0.15, -0.1) is 11.3 Å². The molecule has 5 nitrogen and oxygen atoms in total. The van der Waals surface area contributed by atoms with E-state index < -0.39 is 12.1 Å². The number of rotatable bonds is 10. The van der Waals surface area contributed by atoms with Crippen molar-refractivity contribution in [2.45, 2.75) is 90.8 Å². The van der Waals surface area contributed by atoms with E-state index in [9.17, 15) is 20.3 Å². The highest BCUT2D eigenvalue weighted by atomic mass is 32.1. The first kappa shape index (κ1) is 26.6. The van der Waals surface area contributed by atoms with Gasteiger partial charge < -0.3 is 15.3 Å². The Balaban J connectivity index is 0.00000176. The minimum atomic E-state index is -0.895. The molecule has 178 valence electrons. The van der Waals surface area contributed by atoms with Crippen molar-refractivity contribution in [2.75, 3.05) is 0 Å². The third-order valence-electron chi connectivity index (χ3n) is 7.43. The average Bonchev–Trinajstić information content (AvgIpc) is 3.34. The van der Waals surface area contributed by atoms with Crippen LogP contribution in [-0.2, 0) is 6.42 Å². The van der Waals surface area contributed by atoms with E-state index in [2.05, 4.69) is 13.0 Å². The summed E-state index contributed by atoms with van der Waals surface area (Å²) in [7, 11) is 0. The minimum Gasteiger partial charge on any atom is -0.477 e. The van der Waals surface area contributed by atoms with Crippen molar-refractivity contribution in [3.63, 3.8) is 0 Å². The zero-order valence-corrected chi connectivity index (χ0v) is 20.5. The number of thiophene rings is 1. The largest absolute Gasteiger partial charge is 0.477 e. The molecule has 1 aromatic heterocycles. The van der Waals surface area contributed by atoms with Crippen LogP contribution >= 0.6 is 11.3 Å². The number of nitriles is 1. The van der Waals surface area contributed by atoms with Gasteiger partial charge in [-0.3, -0.25) is 0 Å². The van der Waals surface area contributed by atoms with Gasteiger partial charge in [0.1, 0.15) is 4.88 Å². The van der Waals surface area contributed by atoms with Gasteiger partial charge in [-0.1, -0.05) is 39.3 Å². The van der Waals surface area contributed by atoms with Gasteiger partial charge in [0.2, 0.25) is 0 Å². The fourth-order valence-corrected chi connectivity index (χ4v) is 6.15. The number of carboxylic acid groups (broad SMARTS) is 1. The van der Waals surface area contributed by atoms with Gasteiger partial charge in [0.25, 0.3) is 0 Å². The summed E-state index contributed by atoms with van der Waals surface area (Å²) in [6.07, 6.45) is 11.2. The maximum Gasteiger partial charge on any atom is 0.345 e. The summed E-state index contributed by atoms with van der Waals surface area (Å²) in [6.45, 7) is 6.15. The van der Waals surface area contributed by atoms with Crippen LogP contribution in [0.4, 0.5) is 0 Å². The number of aryl methyl sites for hydroxylation is 1. The molecule has 0 bridgehead atoms. The zero-order chi connectivity index (χ0) is 23.7. The molecule has 0 aliphatic heterocycles. The van der Waals surface area contributed by atoms with Crippen LogP contribution in [0.15, 0.2) is 24.3 Å². The van der Waals surface area contributed by atoms with Gasteiger partial charge in [-0.2, -0.15) is 5.26 Å². The van der Waals surface area contributed by atoms with E-state index >= 15 is 0 Å². The number of hydrogen-bond donors (Lipinski definition) is 3. The van der Waals surface area contributed by atoms with Crippen molar-refractivity contribution >= 4 is 17.3 Å². The van der Waals surface area contributed by atoms with E-state index in [1.165, 1.54) is 17.8 Å². The molecule has 0 aromatic carbocycles. The van der Waals surface area contributed by atoms with Gasteiger partial charge in [-0.25, -0.2) is 4.79 Å². The van der Waals surface area contributed by atoms with Crippen molar-refractivity contribution in [3.05, 3.63) is 34.0 Å². The van der Waals surface area contributed by atoms with Gasteiger partial charge in [-0.05, 0) is 74.8 Å². The van der Waals surface area contributed by atoms with E-state index in [1.807, 2.05) is 32.1 Å². The fraction of sp³-hybridized carbons (Fsp3) is 0.692. The molecule has 0 spiro atoms. The summed E-state index contributed by atoms with van der Waals surface area (Å²) in [5.74, 6) is -1.01. The molecule has 2 fully saturated rings. The van der Waals surface area contributed by atoms with Crippen molar-refractivity contribution in [2.24, 2.45) is 23.2 Å². The highest BCUT2D eigenvalue weighted by Gasteiger charge is 2.42. The topological polar surface area (TPSA) is 102 Å². The number of carbonyl (C=O) groups is 1. The van der Waals surface area contributed by atoms with Crippen LogP contribution in [0.2, 0.25) is 0 Å². The average molecular weight is 462 g/mol. The lowest BCUT2D eigenvalue weighted by Gasteiger charge is -2.45. The molecule has 2 saturated carbocycles. The van der Waals surface area contributed by atoms with E-state index in [4.69, 9.17) is 5.11 Å². The molecule has 5 atom stereocenters. The third-order valence-corrected chi connectivity index (χ3v) is 8.56. The first-order valence-corrected chi connectivity index (χ1v) is 13.0. The SMILES string of the molecule is CC.CCC1(C(O)C/C=C/C2[C@@H](CCCc3ccc(C(=O)O)s3)C(C#N)C[C@H]2O)CCC1. The Kier molecular flexibility index (Phi) is 10.4. The molecule has 0 saturated heterocycles. The van der Waals surface area contributed by atoms with Gasteiger partial charge in [0.05, 0.1) is 24.2 Å². The summed E-state index contributed by atoms with van der Waals surface area (Å²) >= 11 is 1.30. The highest BCUT2D eigenvalue weighted by Crippen LogP contribution is 2.48. The summed E-state index contributed by atoms with van der Waals surface area (Å²) in [5.41, 5.74) is 0.0722. The number of aromatic carboxylic acids is 1. The summed E-state index contributed by atoms with van der Waals surface area (Å²) < 4.78 is 0. The van der Waals surface area contributed by atoms with E-state index in [1.54, 1.807) is 6.07 Å². The molecule has 3 rings (SSSR count). The van der Waals surface area contributed by atoms with Crippen molar-refractivity contribution in [1.82, 2.24) is 0 Å². The fourth-order valence-electron chi connectivity index (χ4n) is 5.27. The minimum absolute atomic E-state index is 0.0567. The molecule has 3 N–H and O–H groups in total. The number of nitrogens with zero attached hydrogens (tertiary/aromatic N) is 1. The van der Waals surface area contributed by atoms with Crippen LogP contribution in [0.25, 0.3) is 0 Å². The predicted molar refractivity (Wildman–Crippen MR) is 129 cm³/mol. The lowest BCUT2D eigenvalue weighted by atomic mass is 9.63. The Hall–Kier alpha value is -1.68. The van der Waals surface area contributed by atoms with Crippen LogP contribution in [0.5, 0.6) is 0 Å². The first-order chi connectivity index (χ1) is 15.4.